The molecule has 11 heteroatoms. The van der Waals surface area contributed by atoms with Gasteiger partial charge in [-0.2, -0.15) is 0 Å². The number of hydrogen-bond acceptors (Lipinski definition) is 7. The third kappa shape index (κ3) is 4.29. The first-order valence-corrected chi connectivity index (χ1v) is 11.1. The maximum atomic E-state index is 14.5. The zero-order valence-electron chi connectivity index (χ0n) is 18.5. The molecule has 34 heavy (non-hydrogen) atoms. The smallest absolute Gasteiger partial charge is 0.332 e. The van der Waals surface area contributed by atoms with Gasteiger partial charge >= 0.3 is 5.69 Å². The summed E-state index contributed by atoms with van der Waals surface area (Å²) in [5.41, 5.74) is -0.535. The number of thioether (sulfide) groups is 1. The molecule has 2 heterocycles. The van der Waals surface area contributed by atoms with Gasteiger partial charge in [-0.1, -0.05) is 36.0 Å². The fourth-order valence-electron chi connectivity index (χ4n) is 3.36. The summed E-state index contributed by atoms with van der Waals surface area (Å²) in [7, 11) is 4.31. The molecule has 1 amide bonds. The molecule has 0 aliphatic heterocycles. The summed E-state index contributed by atoms with van der Waals surface area (Å²) in [6.45, 7) is 0. The summed E-state index contributed by atoms with van der Waals surface area (Å²) in [4.78, 5) is 46.7. The van der Waals surface area contributed by atoms with Crippen molar-refractivity contribution in [3.63, 3.8) is 0 Å². The maximum Gasteiger partial charge on any atom is 0.332 e. The molecule has 2 aromatic carbocycles. The first kappa shape index (κ1) is 23.2. The number of carbonyl (C=O) groups excluding carboxylic acids is 1. The van der Waals surface area contributed by atoms with Gasteiger partial charge in [0.05, 0.1) is 24.1 Å². The van der Waals surface area contributed by atoms with E-state index in [0.29, 0.717) is 11.4 Å². The number of aromatic nitrogens is 4. The number of aryl methyl sites for hydroxylation is 1. The topological polar surface area (TPSA) is 108 Å². The number of benzene rings is 2. The number of nitrogens with zero attached hydrogens (tertiary/aromatic N) is 4. The van der Waals surface area contributed by atoms with Crippen LogP contribution in [0.4, 0.5) is 10.1 Å². The Morgan fingerprint density at radius 1 is 1.06 bits per heavy atom. The van der Waals surface area contributed by atoms with Crippen molar-refractivity contribution in [1.82, 2.24) is 19.1 Å². The van der Waals surface area contributed by atoms with Crippen molar-refractivity contribution in [3.05, 3.63) is 75.2 Å². The van der Waals surface area contributed by atoms with E-state index in [1.807, 2.05) is 0 Å². The second-order valence-corrected chi connectivity index (χ2v) is 8.24. The number of para-hydroxylation sites is 2. The second-order valence-electron chi connectivity index (χ2n) is 7.27. The minimum absolute atomic E-state index is 0.00138. The Labute approximate surface area is 197 Å². The van der Waals surface area contributed by atoms with Gasteiger partial charge in [0, 0.05) is 14.1 Å². The lowest BCUT2D eigenvalue weighted by Crippen LogP contribution is -2.37. The highest BCUT2D eigenvalue weighted by Gasteiger charge is 2.20. The fourth-order valence-corrected chi connectivity index (χ4v) is 4.18. The maximum absolute atomic E-state index is 14.5. The quantitative estimate of drug-likeness (QED) is 0.333. The van der Waals surface area contributed by atoms with Crippen LogP contribution in [-0.4, -0.2) is 37.9 Å². The molecular weight excluding hydrogens is 461 g/mol. The van der Waals surface area contributed by atoms with Crippen molar-refractivity contribution < 1.29 is 13.9 Å². The molecule has 174 valence electrons. The Balaban J connectivity index is 1.77. The molecule has 0 unspecified atom stereocenters. The summed E-state index contributed by atoms with van der Waals surface area (Å²) in [6.07, 6.45) is 0. The van der Waals surface area contributed by atoms with Gasteiger partial charge in [-0.25, -0.2) is 19.2 Å². The highest BCUT2D eigenvalue weighted by molar-refractivity contribution is 8.00. The number of methoxy groups -OCH3 is 1. The molecule has 0 radical (unpaired) electrons. The van der Waals surface area contributed by atoms with Crippen LogP contribution >= 0.6 is 11.8 Å². The minimum atomic E-state index is -0.606. The molecular formula is C23H20FN5O4S. The second kappa shape index (κ2) is 9.48. The van der Waals surface area contributed by atoms with E-state index >= 15 is 0 Å². The molecule has 9 nitrogen and oxygen atoms in total. The number of anilines is 1. The lowest BCUT2D eigenvalue weighted by atomic mass is 10.2. The van der Waals surface area contributed by atoms with Crippen LogP contribution in [0.25, 0.3) is 22.4 Å². The summed E-state index contributed by atoms with van der Waals surface area (Å²) in [5, 5.41) is 2.99. The minimum Gasteiger partial charge on any atom is -0.495 e. The van der Waals surface area contributed by atoms with Gasteiger partial charge in [-0.05, 0) is 24.3 Å². The molecule has 0 fully saturated rings. The van der Waals surface area contributed by atoms with E-state index < -0.39 is 17.1 Å². The predicted octanol–water partition coefficient (Wildman–Crippen LogP) is 2.57. The Bertz CT molecular complexity index is 1530. The molecule has 4 rings (SSSR count). The average Bonchev–Trinajstić information content (AvgIpc) is 2.85. The van der Waals surface area contributed by atoms with Crippen LogP contribution in [0.5, 0.6) is 5.75 Å². The van der Waals surface area contributed by atoms with Gasteiger partial charge in [0.15, 0.2) is 11.5 Å². The van der Waals surface area contributed by atoms with Gasteiger partial charge < -0.3 is 10.1 Å². The molecule has 0 spiro atoms. The molecule has 0 aliphatic rings. The van der Waals surface area contributed by atoms with Crippen molar-refractivity contribution in [2.45, 2.75) is 5.03 Å². The average molecular weight is 482 g/mol. The van der Waals surface area contributed by atoms with E-state index in [4.69, 9.17) is 4.74 Å². The molecule has 4 aromatic rings. The predicted molar refractivity (Wildman–Crippen MR) is 128 cm³/mol. The first-order valence-electron chi connectivity index (χ1n) is 10.1. The van der Waals surface area contributed by atoms with Crippen molar-refractivity contribution in [2.75, 3.05) is 18.2 Å². The molecule has 1 N–H and O–H groups in total. The van der Waals surface area contributed by atoms with Crippen molar-refractivity contribution in [1.29, 1.82) is 0 Å². The van der Waals surface area contributed by atoms with Crippen LogP contribution in [0.2, 0.25) is 0 Å². The largest absolute Gasteiger partial charge is 0.495 e. The third-order valence-corrected chi connectivity index (χ3v) is 6.08. The first-order chi connectivity index (χ1) is 16.3. The van der Waals surface area contributed by atoms with Crippen molar-refractivity contribution in [3.8, 4) is 17.1 Å². The van der Waals surface area contributed by atoms with Crippen LogP contribution in [0, 0.1) is 5.82 Å². The van der Waals surface area contributed by atoms with Gasteiger partial charge in [0.2, 0.25) is 5.91 Å². The van der Waals surface area contributed by atoms with E-state index in [-0.39, 0.29) is 39.1 Å². The molecule has 0 saturated heterocycles. The number of hydrogen-bond donors (Lipinski definition) is 1. The number of rotatable bonds is 6. The standard InChI is InChI=1S/C23H20FN5O4S/c1-28-20-18(22(31)29(2)23(28)32)21(27-19(26-20)13-8-4-5-9-14(13)24)34-12-17(30)25-15-10-6-7-11-16(15)33-3/h4-11H,12H2,1-3H3,(H,25,30). The van der Waals surface area contributed by atoms with Crippen molar-refractivity contribution >= 4 is 34.4 Å². The van der Waals surface area contributed by atoms with E-state index in [1.165, 1.54) is 44.0 Å². The number of amides is 1. The fraction of sp³-hybridized carbons (Fsp3) is 0.174. The third-order valence-electron chi connectivity index (χ3n) is 5.10. The lowest BCUT2D eigenvalue weighted by Gasteiger charge is -2.13. The molecule has 0 bridgehead atoms. The zero-order valence-corrected chi connectivity index (χ0v) is 19.4. The van der Waals surface area contributed by atoms with Gasteiger partial charge in [-0.15, -0.1) is 0 Å². The highest BCUT2D eigenvalue weighted by Crippen LogP contribution is 2.28. The van der Waals surface area contributed by atoms with Crippen molar-refractivity contribution in [2.24, 2.45) is 14.1 Å². The Morgan fingerprint density at radius 2 is 1.76 bits per heavy atom. The number of carbonyl (C=O) groups is 1. The SMILES string of the molecule is COc1ccccc1NC(=O)CSc1nc(-c2ccccc2F)nc2c1c(=O)n(C)c(=O)n2C. The number of ether oxygens (including phenoxy) is 1. The lowest BCUT2D eigenvalue weighted by molar-refractivity contribution is -0.113. The molecule has 0 saturated carbocycles. The van der Waals surface area contributed by atoms with E-state index in [0.717, 1.165) is 16.3 Å². The van der Waals surface area contributed by atoms with Crippen LogP contribution in [-0.2, 0) is 18.9 Å². The van der Waals surface area contributed by atoms with Crippen LogP contribution in [0.1, 0.15) is 0 Å². The number of halogens is 1. The van der Waals surface area contributed by atoms with Crippen LogP contribution in [0.3, 0.4) is 0 Å². The summed E-state index contributed by atoms with van der Waals surface area (Å²) >= 11 is 0.988. The molecule has 0 aliphatic carbocycles. The Kier molecular flexibility index (Phi) is 6.46. The Morgan fingerprint density at radius 3 is 2.50 bits per heavy atom. The molecule has 0 atom stereocenters. The normalized spacial score (nSPS) is 10.9. The van der Waals surface area contributed by atoms with Crippen LogP contribution < -0.4 is 21.3 Å². The van der Waals surface area contributed by atoms with Gasteiger partial charge in [0.25, 0.3) is 5.56 Å². The number of nitrogens with one attached hydrogen (secondary N) is 1. The molecule has 2 aromatic heterocycles. The zero-order chi connectivity index (χ0) is 24.4. The van der Waals surface area contributed by atoms with Gasteiger partial charge in [-0.3, -0.25) is 18.7 Å². The van der Waals surface area contributed by atoms with E-state index in [1.54, 1.807) is 30.3 Å². The van der Waals surface area contributed by atoms with E-state index in [2.05, 4.69) is 15.3 Å². The summed E-state index contributed by atoms with van der Waals surface area (Å²) in [6, 6.07) is 12.9. The van der Waals surface area contributed by atoms with E-state index in [9.17, 15) is 18.8 Å². The van der Waals surface area contributed by atoms with Gasteiger partial charge in [0.1, 0.15) is 22.0 Å². The number of fused-ring (bicyclic) bond motifs is 1. The monoisotopic (exact) mass is 481 g/mol. The summed E-state index contributed by atoms with van der Waals surface area (Å²) in [5.74, 6) is -0.524. The Hall–Kier alpha value is -3.99. The van der Waals surface area contributed by atoms with Crippen LogP contribution in [0.15, 0.2) is 63.1 Å². The highest BCUT2D eigenvalue weighted by atomic mass is 32.2. The summed E-state index contributed by atoms with van der Waals surface area (Å²) < 4.78 is 21.8.